The maximum absolute atomic E-state index is 12.5. The van der Waals surface area contributed by atoms with E-state index in [0.29, 0.717) is 12.8 Å². The van der Waals surface area contributed by atoms with Crippen LogP contribution in [0.1, 0.15) is 42.5 Å². The molecule has 4 rings (SSSR count). The molecular formula is C27H30FN5O3. The first-order valence-corrected chi connectivity index (χ1v) is 11.5. The summed E-state index contributed by atoms with van der Waals surface area (Å²) in [5.74, 6) is 5.33. The van der Waals surface area contributed by atoms with Gasteiger partial charge in [-0.3, -0.25) is 9.59 Å². The highest BCUT2D eigenvalue weighted by Gasteiger charge is 2.26. The molecule has 1 aliphatic rings. The van der Waals surface area contributed by atoms with Gasteiger partial charge in [0, 0.05) is 37.1 Å². The van der Waals surface area contributed by atoms with Crippen LogP contribution in [0.4, 0.5) is 10.1 Å². The number of carbonyl (C=O) groups excluding carboxylic acids is 2. The molecule has 0 bridgehead atoms. The minimum absolute atomic E-state index is 0.0730. The molecule has 0 spiro atoms. The third-order valence-corrected chi connectivity index (χ3v) is 5.60. The zero-order valence-corrected chi connectivity index (χ0v) is 20.8. The maximum atomic E-state index is 12.5. The molecule has 8 nitrogen and oxygen atoms in total. The summed E-state index contributed by atoms with van der Waals surface area (Å²) in [5, 5.41) is 16.5. The van der Waals surface area contributed by atoms with E-state index in [0.717, 1.165) is 40.8 Å². The van der Waals surface area contributed by atoms with Gasteiger partial charge < -0.3 is 15.3 Å². The number of hydrogen-bond donors (Lipinski definition) is 2. The zero-order valence-electron chi connectivity index (χ0n) is 20.8. The Balaban J connectivity index is 0.000000212. The van der Waals surface area contributed by atoms with Gasteiger partial charge in [0.15, 0.2) is 0 Å². The Morgan fingerprint density at radius 1 is 1.25 bits per heavy atom. The van der Waals surface area contributed by atoms with Crippen molar-refractivity contribution in [1.29, 1.82) is 0 Å². The van der Waals surface area contributed by atoms with Crippen LogP contribution in [-0.4, -0.2) is 57.9 Å². The van der Waals surface area contributed by atoms with Crippen molar-refractivity contribution in [3.05, 3.63) is 77.1 Å². The summed E-state index contributed by atoms with van der Waals surface area (Å²) in [7, 11) is 3.61. The van der Waals surface area contributed by atoms with Crippen LogP contribution in [0.25, 0.3) is 0 Å². The average Bonchev–Trinajstić information content (AvgIpc) is 3.27. The molecule has 0 saturated carbocycles. The molecule has 36 heavy (non-hydrogen) atoms. The van der Waals surface area contributed by atoms with Crippen molar-refractivity contribution in [2.75, 3.05) is 19.0 Å². The van der Waals surface area contributed by atoms with E-state index in [1.165, 1.54) is 16.9 Å². The smallest absolute Gasteiger partial charge is 0.243 e. The molecular weight excluding hydrogens is 461 g/mol. The monoisotopic (exact) mass is 491 g/mol. The highest BCUT2D eigenvalue weighted by Crippen LogP contribution is 2.27. The second-order valence-corrected chi connectivity index (χ2v) is 9.03. The molecule has 0 fully saturated rings. The van der Waals surface area contributed by atoms with E-state index in [9.17, 15) is 19.1 Å². The van der Waals surface area contributed by atoms with Crippen molar-refractivity contribution < 1.29 is 19.1 Å². The van der Waals surface area contributed by atoms with Crippen molar-refractivity contribution in [1.82, 2.24) is 20.1 Å². The molecule has 1 amide bonds. The molecule has 3 aromatic rings. The van der Waals surface area contributed by atoms with Gasteiger partial charge in [-0.25, -0.2) is 9.67 Å². The summed E-state index contributed by atoms with van der Waals surface area (Å²) in [6.07, 6.45) is 7.53. The number of nitrogens with one attached hydrogen (secondary N) is 1. The largest absolute Gasteiger partial charge is 0.378 e. The minimum atomic E-state index is -1.02. The van der Waals surface area contributed by atoms with Crippen molar-refractivity contribution >= 4 is 18.0 Å². The summed E-state index contributed by atoms with van der Waals surface area (Å²) >= 11 is 0. The van der Waals surface area contributed by atoms with Crippen molar-refractivity contribution in [3.63, 3.8) is 0 Å². The van der Waals surface area contributed by atoms with Crippen molar-refractivity contribution in [2.24, 2.45) is 0 Å². The van der Waals surface area contributed by atoms with Crippen LogP contribution < -0.4 is 10.2 Å². The fourth-order valence-electron chi connectivity index (χ4n) is 3.71. The predicted octanol–water partition coefficient (Wildman–Crippen LogP) is 2.35. The van der Waals surface area contributed by atoms with Crippen LogP contribution in [0.3, 0.4) is 0 Å². The minimum Gasteiger partial charge on any atom is -0.378 e. The number of amides is 1. The third-order valence-electron chi connectivity index (χ3n) is 5.60. The van der Waals surface area contributed by atoms with E-state index in [-0.39, 0.29) is 11.9 Å². The molecule has 1 atom stereocenters. The quantitative estimate of drug-likeness (QED) is 0.330. The first-order valence-electron chi connectivity index (χ1n) is 11.5. The molecule has 3 heterocycles. The Hall–Kier alpha value is -3.87. The molecule has 9 heteroatoms. The van der Waals surface area contributed by atoms with Crippen LogP contribution in [0.2, 0.25) is 0 Å². The van der Waals surface area contributed by atoms with E-state index >= 15 is 0 Å². The summed E-state index contributed by atoms with van der Waals surface area (Å²) in [6, 6.07) is 8.69. The van der Waals surface area contributed by atoms with E-state index in [4.69, 9.17) is 0 Å². The number of carbonyl (C=O) groups is 2. The molecule has 1 unspecified atom stereocenters. The summed E-state index contributed by atoms with van der Waals surface area (Å²) < 4.78 is 13.7. The van der Waals surface area contributed by atoms with Gasteiger partial charge in [0.05, 0.1) is 12.2 Å². The SMILES string of the molecule is CNC1CCc2ccc(C#CC(C)(C)O)cc2N(C)C1=O.O=Cn1cc(Cc2ccc(F)nc2)cn1. The van der Waals surface area contributed by atoms with Gasteiger partial charge in [-0.05, 0) is 68.6 Å². The molecule has 2 aromatic heterocycles. The second kappa shape index (κ2) is 11.7. The van der Waals surface area contributed by atoms with Gasteiger partial charge in [0.1, 0.15) is 5.60 Å². The van der Waals surface area contributed by atoms with Crippen molar-refractivity contribution in [3.8, 4) is 11.8 Å². The Labute approximate surface area is 210 Å². The Bertz CT molecular complexity index is 1270. The first-order chi connectivity index (χ1) is 17.1. The summed E-state index contributed by atoms with van der Waals surface area (Å²) in [5.41, 5.74) is 3.60. The third kappa shape index (κ3) is 7.31. The highest BCUT2D eigenvalue weighted by molar-refractivity contribution is 5.98. The number of likely N-dealkylation sites (N-methyl/N-ethyl adjacent to an activating group) is 2. The number of aryl methyl sites for hydroxylation is 1. The Kier molecular flexibility index (Phi) is 8.69. The standard InChI is InChI=1S/C17H22N2O2.C10H8FN3O/c1-17(2,21)10-9-12-5-6-13-7-8-14(18-3)16(20)19(4)15(13)11-12;11-10-2-1-8(4-12-10)3-9-5-13-14(6-9)7-15/h5-6,11,14,18,21H,7-8H2,1-4H3;1-2,4-7H,3H2. The number of pyridine rings is 1. The second-order valence-electron chi connectivity index (χ2n) is 9.03. The van der Waals surface area contributed by atoms with E-state index in [1.807, 2.05) is 25.2 Å². The Morgan fingerprint density at radius 2 is 2.03 bits per heavy atom. The lowest BCUT2D eigenvalue weighted by Gasteiger charge is -2.21. The normalized spacial score (nSPS) is 15.1. The van der Waals surface area contributed by atoms with Crippen LogP contribution in [0, 0.1) is 17.8 Å². The number of aromatic nitrogens is 3. The van der Waals surface area contributed by atoms with Crippen LogP contribution in [-0.2, 0) is 22.4 Å². The van der Waals surface area contributed by atoms with Gasteiger partial charge in [-0.2, -0.15) is 9.49 Å². The molecule has 1 aliphatic heterocycles. The topological polar surface area (TPSA) is 100 Å². The number of nitrogens with zero attached hydrogens (tertiary/aromatic N) is 4. The van der Waals surface area contributed by atoms with Crippen molar-refractivity contribution in [2.45, 2.75) is 44.8 Å². The number of anilines is 1. The van der Waals surface area contributed by atoms with Crippen LogP contribution >= 0.6 is 0 Å². The van der Waals surface area contributed by atoms with Gasteiger partial charge >= 0.3 is 0 Å². The number of benzene rings is 1. The highest BCUT2D eigenvalue weighted by atomic mass is 19.1. The summed E-state index contributed by atoms with van der Waals surface area (Å²) in [6.45, 7) is 3.30. The van der Waals surface area contributed by atoms with E-state index in [2.05, 4.69) is 27.2 Å². The number of fused-ring (bicyclic) bond motifs is 1. The number of hydrogen-bond acceptors (Lipinski definition) is 6. The fraction of sp³-hybridized carbons (Fsp3) is 0.333. The molecule has 1 aromatic carbocycles. The number of rotatable bonds is 4. The number of halogens is 1. The maximum Gasteiger partial charge on any atom is 0.243 e. The first kappa shape index (κ1) is 26.7. The fourth-order valence-corrected chi connectivity index (χ4v) is 3.71. The molecule has 188 valence electrons. The predicted molar refractivity (Wildman–Crippen MR) is 136 cm³/mol. The zero-order chi connectivity index (χ0) is 26.3. The van der Waals surface area contributed by atoms with E-state index in [1.54, 1.807) is 44.3 Å². The molecule has 0 radical (unpaired) electrons. The molecule has 2 N–H and O–H groups in total. The van der Waals surface area contributed by atoms with Crippen LogP contribution in [0.5, 0.6) is 0 Å². The average molecular weight is 492 g/mol. The lowest BCUT2D eigenvalue weighted by molar-refractivity contribution is -0.120. The van der Waals surface area contributed by atoms with Gasteiger partial charge in [-0.1, -0.05) is 24.0 Å². The molecule has 0 aliphatic carbocycles. The van der Waals surface area contributed by atoms with E-state index < -0.39 is 11.5 Å². The summed E-state index contributed by atoms with van der Waals surface area (Å²) in [4.78, 5) is 27.9. The number of aliphatic hydroxyl groups is 1. The van der Waals surface area contributed by atoms with Gasteiger partial charge in [-0.15, -0.1) is 0 Å². The molecule has 0 saturated heterocycles. The van der Waals surface area contributed by atoms with Crippen LogP contribution in [0.15, 0.2) is 48.9 Å². The van der Waals surface area contributed by atoms with Gasteiger partial charge in [0.25, 0.3) is 0 Å². The lowest BCUT2D eigenvalue weighted by atomic mass is 10.0. The Morgan fingerprint density at radius 3 is 2.64 bits per heavy atom. The van der Waals surface area contributed by atoms with Gasteiger partial charge in [0.2, 0.25) is 18.3 Å². The lowest BCUT2D eigenvalue weighted by Crippen LogP contribution is -2.42.